The predicted molar refractivity (Wildman–Crippen MR) is 72.3 cm³/mol. The van der Waals surface area contributed by atoms with E-state index in [0.717, 1.165) is 31.4 Å². The highest BCUT2D eigenvalue weighted by atomic mass is 15.1. The minimum absolute atomic E-state index is 1.02. The lowest BCUT2D eigenvalue weighted by atomic mass is 10.3. The van der Waals surface area contributed by atoms with Crippen LogP contribution in [0.15, 0.2) is 24.3 Å². The minimum atomic E-state index is 1.02. The third kappa shape index (κ3) is 2.67. The van der Waals surface area contributed by atoms with Gasteiger partial charge in [0.2, 0.25) is 0 Å². The zero-order valence-electron chi connectivity index (χ0n) is 11.0. The van der Waals surface area contributed by atoms with Crippen LogP contribution in [-0.4, -0.2) is 35.1 Å². The fourth-order valence-electron chi connectivity index (χ4n) is 2.09. The number of fused-ring (bicyclic) bond motifs is 1. The summed E-state index contributed by atoms with van der Waals surface area (Å²) in [6, 6.07) is 8.41. The summed E-state index contributed by atoms with van der Waals surface area (Å²) in [7, 11) is 4.22. The molecule has 0 fully saturated rings. The molecule has 92 valence electrons. The molecule has 17 heavy (non-hydrogen) atoms. The van der Waals surface area contributed by atoms with Gasteiger partial charge in [-0.1, -0.05) is 19.1 Å². The third-order valence-electron chi connectivity index (χ3n) is 2.98. The van der Waals surface area contributed by atoms with E-state index in [2.05, 4.69) is 54.8 Å². The molecule has 0 unspecified atom stereocenters. The van der Waals surface area contributed by atoms with Crippen LogP contribution in [0.1, 0.15) is 19.2 Å². The van der Waals surface area contributed by atoms with Crippen LogP contribution < -0.4 is 0 Å². The lowest BCUT2D eigenvalue weighted by Crippen LogP contribution is -2.19. The van der Waals surface area contributed by atoms with E-state index in [1.165, 1.54) is 11.3 Å². The summed E-state index contributed by atoms with van der Waals surface area (Å²) in [6.45, 7) is 4.27. The number of nitrogens with zero attached hydrogens (tertiary/aromatic N) is 3. The van der Waals surface area contributed by atoms with E-state index < -0.39 is 0 Å². The highest BCUT2D eigenvalue weighted by Crippen LogP contribution is 2.16. The van der Waals surface area contributed by atoms with Crippen molar-refractivity contribution in [3.05, 3.63) is 30.1 Å². The standard InChI is InChI=1S/C14H21N3/c1-4-7-14-15-12-8-5-6-9-13(12)17(14)11-10-16(2)3/h5-6,8-9H,4,7,10-11H2,1-3H3. The zero-order valence-corrected chi connectivity index (χ0v) is 11.0. The molecule has 0 bridgehead atoms. The van der Waals surface area contributed by atoms with E-state index in [9.17, 15) is 0 Å². The number of hydrogen-bond donors (Lipinski definition) is 0. The molecule has 0 amide bonds. The van der Waals surface area contributed by atoms with E-state index in [4.69, 9.17) is 4.98 Å². The Morgan fingerprint density at radius 1 is 1.24 bits per heavy atom. The number of hydrogen-bond acceptors (Lipinski definition) is 2. The van der Waals surface area contributed by atoms with Crippen LogP contribution in [0, 0.1) is 0 Å². The maximum absolute atomic E-state index is 4.72. The molecule has 0 N–H and O–H groups in total. The van der Waals surface area contributed by atoms with Crippen LogP contribution >= 0.6 is 0 Å². The fourth-order valence-corrected chi connectivity index (χ4v) is 2.09. The maximum atomic E-state index is 4.72. The first kappa shape index (κ1) is 12.1. The summed E-state index contributed by atoms with van der Waals surface area (Å²) in [4.78, 5) is 6.94. The molecule has 0 saturated heterocycles. The van der Waals surface area contributed by atoms with Crippen LogP contribution in [0.2, 0.25) is 0 Å². The van der Waals surface area contributed by atoms with Gasteiger partial charge >= 0.3 is 0 Å². The molecule has 3 heteroatoms. The minimum Gasteiger partial charge on any atom is -0.327 e. The van der Waals surface area contributed by atoms with Crippen molar-refractivity contribution < 1.29 is 0 Å². The number of rotatable bonds is 5. The molecule has 0 aliphatic rings. The smallest absolute Gasteiger partial charge is 0.109 e. The highest BCUT2D eigenvalue weighted by molar-refractivity contribution is 5.75. The van der Waals surface area contributed by atoms with E-state index in [1.807, 2.05) is 0 Å². The molecule has 0 spiro atoms. The summed E-state index contributed by atoms with van der Waals surface area (Å²) in [5, 5.41) is 0. The van der Waals surface area contributed by atoms with Crippen LogP contribution in [0.5, 0.6) is 0 Å². The Balaban J connectivity index is 2.37. The average molecular weight is 231 g/mol. The molecule has 0 radical (unpaired) electrons. The van der Waals surface area contributed by atoms with Crippen LogP contribution in [0.4, 0.5) is 0 Å². The Hall–Kier alpha value is -1.35. The van der Waals surface area contributed by atoms with Gasteiger partial charge in [-0.15, -0.1) is 0 Å². The van der Waals surface area contributed by atoms with Crippen molar-refractivity contribution in [3.63, 3.8) is 0 Å². The predicted octanol–water partition coefficient (Wildman–Crippen LogP) is 2.55. The molecule has 3 nitrogen and oxygen atoms in total. The molecule has 0 saturated carbocycles. The Labute approximate surface area is 103 Å². The molecule has 0 atom stereocenters. The molecule has 1 heterocycles. The second-order valence-corrected chi connectivity index (χ2v) is 4.72. The lowest BCUT2D eigenvalue weighted by molar-refractivity contribution is 0.383. The van der Waals surface area contributed by atoms with Gasteiger partial charge in [0, 0.05) is 19.5 Å². The average Bonchev–Trinajstić information content (AvgIpc) is 2.64. The highest BCUT2D eigenvalue weighted by Gasteiger charge is 2.09. The molecular weight excluding hydrogens is 210 g/mol. The van der Waals surface area contributed by atoms with Crippen LogP contribution in [0.25, 0.3) is 11.0 Å². The lowest BCUT2D eigenvalue weighted by Gasteiger charge is -2.13. The fraction of sp³-hybridized carbons (Fsp3) is 0.500. The van der Waals surface area contributed by atoms with Gasteiger partial charge in [0.1, 0.15) is 5.82 Å². The van der Waals surface area contributed by atoms with Crippen LogP contribution in [-0.2, 0) is 13.0 Å². The van der Waals surface area contributed by atoms with Gasteiger partial charge in [-0.25, -0.2) is 4.98 Å². The summed E-state index contributed by atoms with van der Waals surface area (Å²) in [6.07, 6.45) is 2.20. The van der Waals surface area contributed by atoms with Crippen molar-refractivity contribution in [1.82, 2.24) is 14.5 Å². The van der Waals surface area contributed by atoms with Crippen molar-refractivity contribution in [1.29, 1.82) is 0 Å². The van der Waals surface area contributed by atoms with E-state index in [1.54, 1.807) is 0 Å². The first-order valence-corrected chi connectivity index (χ1v) is 6.31. The van der Waals surface area contributed by atoms with Gasteiger partial charge in [-0.2, -0.15) is 0 Å². The molecule has 2 aromatic rings. The molecular formula is C14H21N3. The Bertz CT molecular complexity index is 485. The number of aromatic nitrogens is 2. The third-order valence-corrected chi connectivity index (χ3v) is 2.98. The number of likely N-dealkylation sites (N-methyl/N-ethyl adjacent to an activating group) is 1. The van der Waals surface area contributed by atoms with Crippen LogP contribution in [0.3, 0.4) is 0 Å². The van der Waals surface area contributed by atoms with Gasteiger partial charge in [0.15, 0.2) is 0 Å². The molecule has 0 aliphatic heterocycles. The van der Waals surface area contributed by atoms with Crippen molar-refractivity contribution in [2.75, 3.05) is 20.6 Å². The van der Waals surface area contributed by atoms with E-state index in [-0.39, 0.29) is 0 Å². The summed E-state index contributed by atoms with van der Waals surface area (Å²) >= 11 is 0. The van der Waals surface area contributed by atoms with Gasteiger partial charge in [0.05, 0.1) is 11.0 Å². The van der Waals surface area contributed by atoms with Gasteiger partial charge in [-0.05, 0) is 32.6 Å². The van der Waals surface area contributed by atoms with E-state index >= 15 is 0 Å². The Morgan fingerprint density at radius 3 is 2.71 bits per heavy atom. The molecule has 1 aromatic heterocycles. The Morgan fingerprint density at radius 2 is 2.00 bits per heavy atom. The Kier molecular flexibility index (Phi) is 3.79. The second kappa shape index (κ2) is 5.32. The molecule has 0 aliphatic carbocycles. The van der Waals surface area contributed by atoms with Crippen molar-refractivity contribution in [2.24, 2.45) is 0 Å². The van der Waals surface area contributed by atoms with Crippen molar-refractivity contribution in [3.8, 4) is 0 Å². The summed E-state index contributed by atoms with van der Waals surface area (Å²) < 4.78 is 2.36. The number of imidazole rings is 1. The van der Waals surface area contributed by atoms with E-state index in [0.29, 0.717) is 0 Å². The van der Waals surface area contributed by atoms with Crippen molar-refractivity contribution in [2.45, 2.75) is 26.3 Å². The first-order chi connectivity index (χ1) is 8.22. The first-order valence-electron chi connectivity index (χ1n) is 6.31. The normalized spacial score (nSPS) is 11.5. The SMILES string of the molecule is CCCc1nc2ccccc2n1CCN(C)C. The number of benzene rings is 1. The van der Waals surface area contributed by atoms with Gasteiger partial charge in [0.25, 0.3) is 0 Å². The summed E-state index contributed by atoms with van der Waals surface area (Å²) in [5.41, 5.74) is 2.38. The topological polar surface area (TPSA) is 21.1 Å². The monoisotopic (exact) mass is 231 g/mol. The number of aryl methyl sites for hydroxylation is 1. The van der Waals surface area contributed by atoms with Crippen molar-refractivity contribution >= 4 is 11.0 Å². The number of para-hydroxylation sites is 2. The molecule has 2 rings (SSSR count). The zero-order chi connectivity index (χ0) is 12.3. The second-order valence-electron chi connectivity index (χ2n) is 4.72. The summed E-state index contributed by atoms with van der Waals surface area (Å²) in [5.74, 6) is 1.22. The quantitative estimate of drug-likeness (QED) is 0.788. The van der Waals surface area contributed by atoms with Gasteiger partial charge < -0.3 is 9.47 Å². The van der Waals surface area contributed by atoms with Gasteiger partial charge in [-0.3, -0.25) is 0 Å². The maximum Gasteiger partial charge on any atom is 0.109 e. The molecule has 1 aromatic carbocycles. The largest absolute Gasteiger partial charge is 0.327 e.